The van der Waals surface area contributed by atoms with Gasteiger partial charge in [0.2, 0.25) is 0 Å². The molecule has 0 saturated heterocycles. The lowest BCUT2D eigenvalue weighted by atomic mass is 10.0. The second kappa shape index (κ2) is 8.26. The van der Waals surface area contributed by atoms with E-state index in [-0.39, 0.29) is 10.7 Å². The number of hydrogen-bond acceptors (Lipinski definition) is 6. The van der Waals surface area contributed by atoms with Gasteiger partial charge in [-0.2, -0.15) is 0 Å². The van der Waals surface area contributed by atoms with Gasteiger partial charge < -0.3 is 10.1 Å². The third kappa shape index (κ3) is 4.58. The molecule has 2 N–H and O–H groups in total. The Bertz CT molecular complexity index is 1030. The molecule has 0 spiro atoms. The van der Waals surface area contributed by atoms with E-state index in [2.05, 4.69) is 40.2 Å². The number of hydrogen-bond donors (Lipinski definition) is 2. The number of ether oxygens (including phenoxy) is 1. The Morgan fingerprint density at radius 3 is 2.14 bits per heavy atom. The molecule has 0 fully saturated rings. The molecule has 3 rings (SSSR count). The van der Waals surface area contributed by atoms with Crippen molar-refractivity contribution in [3.63, 3.8) is 0 Å². The zero-order valence-electron chi connectivity index (χ0n) is 15.9. The minimum absolute atomic E-state index is 0.114. The van der Waals surface area contributed by atoms with E-state index in [9.17, 15) is 8.42 Å². The summed E-state index contributed by atoms with van der Waals surface area (Å²) in [6.45, 7) is 4.23. The average Bonchev–Trinajstić information content (AvgIpc) is 2.69. The topological polar surface area (TPSA) is 93.2 Å². The summed E-state index contributed by atoms with van der Waals surface area (Å²) in [5, 5.41) is 11.3. The van der Waals surface area contributed by atoms with Crippen molar-refractivity contribution in [1.29, 1.82) is 0 Å². The first-order valence-corrected chi connectivity index (χ1v) is 10.2. The summed E-state index contributed by atoms with van der Waals surface area (Å²) in [6.07, 6.45) is 0. The van der Waals surface area contributed by atoms with E-state index in [1.54, 1.807) is 24.3 Å². The smallest absolute Gasteiger partial charge is 0.263 e. The standard InChI is InChI=1S/C20H22N4O3S/c1-14(2)17-6-4-5-7-18(17)21-19-12-13-20(23-22-19)24-28(25,26)16-10-8-15(27-3)9-11-16/h4-14H,1-3H3,(H,21,22)(H,23,24). The molecule has 0 aliphatic carbocycles. The van der Waals surface area contributed by atoms with Gasteiger partial charge in [0.05, 0.1) is 12.0 Å². The molecule has 0 aliphatic heterocycles. The molecule has 0 aliphatic rings. The van der Waals surface area contributed by atoms with Crippen LogP contribution in [-0.2, 0) is 10.0 Å². The molecule has 7 nitrogen and oxygen atoms in total. The highest BCUT2D eigenvalue weighted by Crippen LogP contribution is 2.26. The Morgan fingerprint density at radius 2 is 1.54 bits per heavy atom. The molecular weight excluding hydrogens is 376 g/mol. The van der Waals surface area contributed by atoms with E-state index in [1.807, 2.05) is 18.2 Å². The van der Waals surface area contributed by atoms with Gasteiger partial charge in [0.15, 0.2) is 11.6 Å². The van der Waals surface area contributed by atoms with Gasteiger partial charge in [0.25, 0.3) is 10.0 Å². The van der Waals surface area contributed by atoms with Crippen molar-refractivity contribution in [3.8, 4) is 5.75 Å². The van der Waals surface area contributed by atoms with Gasteiger partial charge in [-0.3, -0.25) is 4.72 Å². The number of anilines is 3. The summed E-state index contributed by atoms with van der Waals surface area (Å²) in [5.41, 5.74) is 2.10. The number of rotatable bonds is 7. The van der Waals surface area contributed by atoms with Crippen LogP contribution in [0.25, 0.3) is 0 Å². The van der Waals surface area contributed by atoms with Gasteiger partial charge in [-0.05, 0) is 53.9 Å². The van der Waals surface area contributed by atoms with Crippen LogP contribution in [0, 0.1) is 0 Å². The highest BCUT2D eigenvalue weighted by Gasteiger charge is 2.15. The highest BCUT2D eigenvalue weighted by atomic mass is 32.2. The number of nitrogens with zero attached hydrogens (tertiary/aromatic N) is 2. The van der Waals surface area contributed by atoms with E-state index >= 15 is 0 Å². The minimum Gasteiger partial charge on any atom is -0.497 e. The van der Waals surface area contributed by atoms with E-state index in [0.717, 1.165) is 11.3 Å². The van der Waals surface area contributed by atoms with E-state index in [0.29, 0.717) is 17.5 Å². The number of aromatic nitrogens is 2. The SMILES string of the molecule is COc1ccc(S(=O)(=O)Nc2ccc(Nc3ccccc3C(C)C)nn2)cc1. The Kier molecular flexibility index (Phi) is 5.79. The lowest BCUT2D eigenvalue weighted by Gasteiger charge is -2.14. The maximum atomic E-state index is 12.5. The number of benzene rings is 2. The van der Waals surface area contributed by atoms with Gasteiger partial charge in [-0.25, -0.2) is 8.42 Å². The predicted molar refractivity (Wildman–Crippen MR) is 110 cm³/mol. The van der Waals surface area contributed by atoms with Crippen LogP contribution in [0.5, 0.6) is 5.75 Å². The maximum Gasteiger partial charge on any atom is 0.263 e. The van der Waals surface area contributed by atoms with Crippen LogP contribution in [0.1, 0.15) is 25.3 Å². The third-order valence-corrected chi connectivity index (χ3v) is 5.49. The molecule has 146 valence electrons. The van der Waals surface area contributed by atoms with Gasteiger partial charge >= 0.3 is 0 Å². The van der Waals surface area contributed by atoms with Gasteiger partial charge in [-0.15, -0.1) is 10.2 Å². The lowest BCUT2D eigenvalue weighted by molar-refractivity contribution is 0.414. The molecular formula is C20H22N4O3S. The number of nitrogens with one attached hydrogen (secondary N) is 2. The van der Waals surface area contributed by atoms with Gasteiger partial charge in [0, 0.05) is 5.69 Å². The van der Waals surface area contributed by atoms with Crippen LogP contribution in [0.4, 0.5) is 17.3 Å². The van der Waals surface area contributed by atoms with Crippen LogP contribution in [0.2, 0.25) is 0 Å². The van der Waals surface area contributed by atoms with E-state index in [4.69, 9.17) is 4.74 Å². The summed E-state index contributed by atoms with van der Waals surface area (Å²) >= 11 is 0. The molecule has 2 aromatic carbocycles. The molecule has 0 saturated carbocycles. The van der Waals surface area contributed by atoms with Crippen LogP contribution in [0.15, 0.2) is 65.6 Å². The fraction of sp³-hybridized carbons (Fsp3) is 0.200. The molecule has 0 amide bonds. The molecule has 8 heteroatoms. The fourth-order valence-electron chi connectivity index (χ4n) is 2.66. The quantitative estimate of drug-likeness (QED) is 0.621. The fourth-order valence-corrected chi connectivity index (χ4v) is 3.65. The minimum atomic E-state index is -3.76. The zero-order chi connectivity index (χ0) is 20.1. The van der Waals surface area contributed by atoms with Crippen LogP contribution >= 0.6 is 0 Å². The van der Waals surface area contributed by atoms with Crippen molar-refractivity contribution in [2.75, 3.05) is 17.1 Å². The first-order valence-electron chi connectivity index (χ1n) is 8.75. The Labute approximate surface area is 164 Å². The van der Waals surface area contributed by atoms with Gasteiger partial charge in [0.1, 0.15) is 5.75 Å². The molecule has 0 atom stereocenters. The molecule has 0 bridgehead atoms. The van der Waals surface area contributed by atoms with Crippen molar-refractivity contribution in [3.05, 3.63) is 66.2 Å². The van der Waals surface area contributed by atoms with Crippen LogP contribution in [0.3, 0.4) is 0 Å². The zero-order valence-corrected chi connectivity index (χ0v) is 16.7. The first-order chi connectivity index (χ1) is 13.4. The average molecular weight is 398 g/mol. The van der Waals surface area contributed by atoms with E-state index < -0.39 is 10.0 Å². The van der Waals surface area contributed by atoms with Crippen molar-refractivity contribution in [1.82, 2.24) is 10.2 Å². The van der Waals surface area contributed by atoms with Crippen molar-refractivity contribution in [2.45, 2.75) is 24.7 Å². The summed E-state index contributed by atoms with van der Waals surface area (Å²) in [7, 11) is -2.24. The normalized spacial score (nSPS) is 11.3. The second-order valence-corrected chi connectivity index (χ2v) is 8.13. The Balaban J connectivity index is 1.74. The summed E-state index contributed by atoms with van der Waals surface area (Å²) in [5.74, 6) is 1.60. The largest absolute Gasteiger partial charge is 0.497 e. The summed E-state index contributed by atoms with van der Waals surface area (Å²) in [4.78, 5) is 0.114. The van der Waals surface area contributed by atoms with E-state index in [1.165, 1.54) is 19.2 Å². The third-order valence-electron chi connectivity index (χ3n) is 4.12. The van der Waals surface area contributed by atoms with Crippen LogP contribution < -0.4 is 14.8 Å². The predicted octanol–water partition coefficient (Wildman–Crippen LogP) is 4.15. The molecule has 1 heterocycles. The van der Waals surface area contributed by atoms with Crippen molar-refractivity contribution in [2.24, 2.45) is 0 Å². The van der Waals surface area contributed by atoms with Crippen molar-refractivity contribution < 1.29 is 13.2 Å². The maximum absolute atomic E-state index is 12.5. The molecule has 3 aromatic rings. The highest BCUT2D eigenvalue weighted by molar-refractivity contribution is 7.92. The Morgan fingerprint density at radius 1 is 0.893 bits per heavy atom. The lowest BCUT2D eigenvalue weighted by Crippen LogP contribution is -2.14. The molecule has 0 unspecified atom stereocenters. The summed E-state index contributed by atoms with van der Waals surface area (Å²) < 4.78 is 32.4. The number of para-hydroxylation sites is 1. The van der Waals surface area contributed by atoms with Crippen LogP contribution in [-0.4, -0.2) is 25.7 Å². The first kappa shape index (κ1) is 19.6. The monoisotopic (exact) mass is 398 g/mol. The number of sulfonamides is 1. The Hall–Kier alpha value is -3.13. The number of methoxy groups -OCH3 is 1. The van der Waals surface area contributed by atoms with Gasteiger partial charge in [-0.1, -0.05) is 32.0 Å². The molecule has 1 aromatic heterocycles. The molecule has 0 radical (unpaired) electrons. The second-order valence-electron chi connectivity index (χ2n) is 6.45. The van der Waals surface area contributed by atoms with Crippen molar-refractivity contribution >= 4 is 27.3 Å². The summed E-state index contributed by atoms with van der Waals surface area (Å²) in [6, 6.07) is 17.3. The molecule has 28 heavy (non-hydrogen) atoms.